The average Bonchev–Trinajstić information content (AvgIpc) is 2.00. The lowest BCUT2D eigenvalue weighted by molar-refractivity contribution is 0.248. The molecule has 0 saturated heterocycles. The zero-order valence-corrected chi connectivity index (χ0v) is 8.70. The molecule has 0 aliphatic carbocycles. The minimum absolute atomic E-state index is 0.440. The Balaban J connectivity index is 3.71. The summed E-state index contributed by atoms with van der Waals surface area (Å²) < 4.78 is 0. The van der Waals surface area contributed by atoms with E-state index in [1.165, 1.54) is 12.8 Å². The molecule has 0 heterocycles. The van der Waals surface area contributed by atoms with Gasteiger partial charge in [0, 0.05) is 6.04 Å². The van der Waals surface area contributed by atoms with Crippen LogP contribution in [0.5, 0.6) is 0 Å². The van der Waals surface area contributed by atoms with E-state index >= 15 is 0 Å². The van der Waals surface area contributed by atoms with Crippen LogP contribution in [0.25, 0.3) is 0 Å². The Morgan fingerprint density at radius 2 is 1.82 bits per heavy atom. The lowest BCUT2D eigenvalue weighted by atomic mass is 9.83. The van der Waals surface area contributed by atoms with Crippen LogP contribution in [-0.2, 0) is 0 Å². The van der Waals surface area contributed by atoms with Gasteiger partial charge in [0.25, 0.3) is 0 Å². The third-order valence-electron chi connectivity index (χ3n) is 2.78. The molecule has 1 heteroatoms. The van der Waals surface area contributed by atoms with Gasteiger partial charge in [-0.15, -0.1) is 0 Å². The predicted octanol–water partition coefficient (Wildman–Crippen LogP) is 2.81. The molecule has 0 saturated carbocycles. The molecular weight excluding hydrogens is 134 g/mol. The predicted molar refractivity (Wildman–Crippen MR) is 51.8 cm³/mol. The normalized spacial score (nSPS) is 15.0. The summed E-state index contributed by atoms with van der Waals surface area (Å²) in [6.07, 6.45) is 2.47. The molecule has 0 amide bonds. The van der Waals surface area contributed by atoms with E-state index in [9.17, 15) is 0 Å². The molecule has 0 fully saturated rings. The average molecular weight is 157 g/mol. The van der Waals surface area contributed by atoms with Crippen LogP contribution < -0.4 is 5.32 Å². The second kappa shape index (κ2) is 4.76. The van der Waals surface area contributed by atoms with E-state index in [1.54, 1.807) is 0 Å². The maximum absolute atomic E-state index is 3.52. The Bertz CT molecular complexity index is 97.0. The zero-order chi connectivity index (χ0) is 8.91. The van der Waals surface area contributed by atoms with Gasteiger partial charge in [-0.25, -0.2) is 0 Å². The molecule has 1 nitrogen and oxygen atoms in total. The Kier molecular flexibility index (Phi) is 4.74. The highest BCUT2D eigenvalue weighted by Gasteiger charge is 2.22. The molecular formula is C10H23N. The van der Waals surface area contributed by atoms with Gasteiger partial charge in [0.05, 0.1) is 0 Å². The molecule has 11 heavy (non-hydrogen) atoms. The first-order valence-electron chi connectivity index (χ1n) is 4.78. The Hall–Kier alpha value is -0.0400. The van der Waals surface area contributed by atoms with Crippen molar-refractivity contribution >= 4 is 0 Å². The van der Waals surface area contributed by atoms with Crippen molar-refractivity contribution in [2.45, 2.75) is 53.5 Å². The second-order valence-electron chi connectivity index (χ2n) is 4.02. The first-order valence-corrected chi connectivity index (χ1v) is 4.78. The van der Waals surface area contributed by atoms with Crippen LogP contribution in [0, 0.1) is 5.41 Å². The summed E-state index contributed by atoms with van der Waals surface area (Å²) in [7, 11) is 0. The van der Waals surface area contributed by atoms with Gasteiger partial charge in [0.15, 0.2) is 0 Å². The highest BCUT2D eigenvalue weighted by atomic mass is 14.9. The van der Waals surface area contributed by atoms with Crippen molar-refractivity contribution in [3.05, 3.63) is 0 Å². The van der Waals surface area contributed by atoms with Crippen LogP contribution in [0.4, 0.5) is 0 Å². The fourth-order valence-electron chi connectivity index (χ4n) is 0.943. The minimum Gasteiger partial charge on any atom is -0.314 e. The van der Waals surface area contributed by atoms with Crippen LogP contribution in [0.1, 0.15) is 47.5 Å². The number of rotatable bonds is 5. The summed E-state index contributed by atoms with van der Waals surface area (Å²) in [5.74, 6) is 0. The van der Waals surface area contributed by atoms with Crippen molar-refractivity contribution < 1.29 is 0 Å². The van der Waals surface area contributed by atoms with Crippen LogP contribution in [0.3, 0.4) is 0 Å². The Morgan fingerprint density at radius 3 is 2.18 bits per heavy atom. The molecule has 0 aromatic heterocycles. The lowest BCUT2D eigenvalue weighted by Crippen LogP contribution is -2.39. The van der Waals surface area contributed by atoms with Crippen molar-refractivity contribution in [3.8, 4) is 0 Å². The van der Waals surface area contributed by atoms with Gasteiger partial charge in [0.2, 0.25) is 0 Å². The maximum atomic E-state index is 3.52. The second-order valence-corrected chi connectivity index (χ2v) is 4.02. The molecule has 1 N–H and O–H groups in total. The molecule has 0 rings (SSSR count). The van der Waals surface area contributed by atoms with Crippen molar-refractivity contribution in [1.82, 2.24) is 5.32 Å². The fraction of sp³-hybridized carbons (Fsp3) is 1.00. The van der Waals surface area contributed by atoms with Crippen molar-refractivity contribution in [1.29, 1.82) is 0 Å². The van der Waals surface area contributed by atoms with Crippen molar-refractivity contribution in [2.24, 2.45) is 5.41 Å². The molecule has 0 aliphatic heterocycles. The number of nitrogens with one attached hydrogen (secondary N) is 1. The largest absolute Gasteiger partial charge is 0.314 e. The SMILES string of the molecule is CCCNC(C)C(C)(C)CC. The van der Waals surface area contributed by atoms with Gasteiger partial charge in [-0.1, -0.05) is 27.7 Å². The van der Waals surface area contributed by atoms with Crippen LogP contribution in [-0.4, -0.2) is 12.6 Å². The number of hydrogen-bond acceptors (Lipinski definition) is 1. The summed E-state index contributed by atoms with van der Waals surface area (Å²) in [6.45, 7) is 12.5. The van der Waals surface area contributed by atoms with Gasteiger partial charge in [-0.3, -0.25) is 0 Å². The van der Waals surface area contributed by atoms with E-state index in [0.717, 1.165) is 6.54 Å². The van der Waals surface area contributed by atoms with Gasteiger partial charge >= 0.3 is 0 Å². The zero-order valence-electron chi connectivity index (χ0n) is 8.70. The summed E-state index contributed by atoms with van der Waals surface area (Å²) in [6, 6.07) is 0.632. The Morgan fingerprint density at radius 1 is 1.27 bits per heavy atom. The molecule has 0 aromatic carbocycles. The molecule has 0 spiro atoms. The maximum Gasteiger partial charge on any atom is 0.00897 e. The van der Waals surface area contributed by atoms with Gasteiger partial charge in [-0.2, -0.15) is 0 Å². The standard InChI is InChI=1S/C10H23N/c1-6-8-11-9(3)10(4,5)7-2/h9,11H,6-8H2,1-5H3. The topological polar surface area (TPSA) is 12.0 Å². The molecule has 0 bridgehead atoms. The fourth-order valence-corrected chi connectivity index (χ4v) is 0.943. The van der Waals surface area contributed by atoms with E-state index in [-0.39, 0.29) is 0 Å². The van der Waals surface area contributed by atoms with E-state index in [4.69, 9.17) is 0 Å². The summed E-state index contributed by atoms with van der Waals surface area (Å²) in [5.41, 5.74) is 0.440. The quantitative estimate of drug-likeness (QED) is 0.647. The van der Waals surface area contributed by atoms with Gasteiger partial charge < -0.3 is 5.32 Å². The summed E-state index contributed by atoms with van der Waals surface area (Å²) in [5, 5.41) is 3.52. The van der Waals surface area contributed by atoms with Crippen molar-refractivity contribution in [2.75, 3.05) is 6.54 Å². The third-order valence-corrected chi connectivity index (χ3v) is 2.78. The van der Waals surface area contributed by atoms with Crippen LogP contribution >= 0.6 is 0 Å². The van der Waals surface area contributed by atoms with Crippen LogP contribution in [0.15, 0.2) is 0 Å². The van der Waals surface area contributed by atoms with Gasteiger partial charge in [-0.05, 0) is 31.7 Å². The molecule has 1 unspecified atom stereocenters. The third kappa shape index (κ3) is 3.76. The van der Waals surface area contributed by atoms with E-state index in [0.29, 0.717) is 11.5 Å². The highest BCUT2D eigenvalue weighted by molar-refractivity contribution is 4.78. The Labute approximate surface area is 71.6 Å². The molecule has 68 valence electrons. The molecule has 0 radical (unpaired) electrons. The highest BCUT2D eigenvalue weighted by Crippen LogP contribution is 2.24. The molecule has 0 aromatic rings. The lowest BCUT2D eigenvalue weighted by Gasteiger charge is -2.31. The first-order chi connectivity index (χ1) is 5.04. The van der Waals surface area contributed by atoms with E-state index < -0.39 is 0 Å². The molecule has 0 aliphatic rings. The van der Waals surface area contributed by atoms with Gasteiger partial charge in [0.1, 0.15) is 0 Å². The monoisotopic (exact) mass is 157 g/mol. The number of hydrogen-bond donors (Lipinski definition) is 1. The minimum atomic E-state index is 0.440. The first kappa shape index (κ1) is 11.0. The van der Waals surface area contributed by atoms with Crippen LogP contribution in [0.2, 0.25) is 0 Å². The smallest absolute Gasteiger partial charge is 0.00897 e. The van der Waals surface area contributed by atoms with Crippen molar-refractivity contribution in [3.63, 3.8) is 0 Å². The van der Waals surface area contributed by atoms with E-state index in [1.807, 2.05) is 0 Å². The molecule has 1 atom stereocenters. The van der Waals surface area contributed by atoms with E-state index in [2.05, 4.69) is 39.9 Å². The summed E-state index contributed by atoms with van der Waals surface area (Å²) in [4.78, 5) is 0. The summed E-state index contributed by atoms with van der Waals surface area (Å²) >= 11 is 0.